The quantitative estimate of drug-likeness (QED) is 0.726. The van der Waals surface area contributed by atoms with E-state index in [-0.39, 0.29) is 12.0 Å². The minimum atomic E-state index is -0.705. The highest BCUT2D eigenvalue weighted by Gasteiger charge is 2.28. The van der Waals surface area contributed by atoms with E-state index in [0.29, 0.717) is 6.04 Å². The van der Waals surface area contributed by atoms with Gasteiger partial charge < -0.3 is 10.4 Å². The summed E-state index contributed by atoms with van der Waals surface area (Å²) in [6.07, 6.45) is 2.24. The molecular formula is C11H22N2O2. The first-order valence-electron chi connectivity index (χ1n) is 5.69. The standard InChI is InChI=1S/C11H22N2O2/c1-8(11(14)15)9(2)13(3)10-4-6-12-7-5-10/h8-10,12H,4-7H2,1-3H3,(H,14,15). The Morgan fingerprint density at radius 1 is 1.40 bits per heavy atom. The molecule has 0 aromatic rings. The maximum absolute atomic E-state index is 10.9. The summed E-state index contributed by atoms with van der Waals surface area (Å²) < 4.78 is 0. The van der Waals surface area contributed by atoms with E-state index in [9.17, 15) is 4.79 Å². The van der Waals surface area contributed by atoms with E-state index in [1.54, 1.807) is 6.92 Å². The van der Waals surface area contributed by atoms with Crippen LogP contribution in [0.4, 0.5) is 0 Å². The number of carbonyl (C=O) groups is 1. The minimum Gasteiger partial charge on any atom is -0.481 e. The van der Waals surface area contributed by atoms with Crippen LogP contribution >= 0.6 is 0 Å². The van der Waals surface area contributed by atoms with Gasteiger partial charge in [0.25, 0.3) is 0 Å². The summed E-state index contributed by atoms with van der Waals surface area (Å²) in [5.74, 6) is -1.01. The second-order valence-corrected chi connectivity index (χ2v) is 4.51. The van der Waals surface area contributed by atoms with Crippen molar-refractivity contribution in [1.82, 2.24) is 10.2 Å². The van der Waals surface area contributed by atoms with E-state index >= 15 is 0 Å². The summed E-state index contributed by atoms with van der Waals surface area (Å²) in [5.41, 5.74) is 0. The van der Waals surface area contributed by atoms with Crippen LogP contribution in [0.25, 0.3) is 0 Å². The summed E-state index contributed by atoms with van der Waals surface area (Å²) in [6.45, 7) is 5.87. The molecule has 0 aromatic heterocycles. The smallest absolute Gasteiger partial charge is 0.307 e. The highest BCUT2D eigenvalue weighted by atomic mass is 16.4. The fourth-order valence-corrected chi connectivity index (χ4v) is 2.11. The lowest BCUT2D eigenvalue weighted by Gasteiger charge is -2.37. The SMILES string of the molecule is CC(C(=O)O)C(C)N(C)C1CCNCC1. The van der Waals surface area contributed by atoms with Crippen LogP contribution in [-0.4, -0.2) is 48.2 Å². The first-order valence-corrected chi connectivity index (χ1v) is 5.69. The van der Waals surface area contributed by atoms with Gasteiger partial charge in [-0.2, -0.15) is 0 Å². The average molecular weight is 214 g/mol. The normalized spacial score (nSPS) is 22.7. The number of hydrogen-bond donors (Lipinski definition) is 2. The highest BCUT2D eigenvalue weighted by molar-refractivity contribution is 5.70. The second-order valence-electron chi connectivity index (χ2n) is 4.51. The van der Waals surface area contributed by atoms with E-state index in [1.807, 2.05) is 14.0 Å². The first-order chi connectivity index (χ1) is 7.04. The van der Waals surface area contributed by atoms with Crippen molar-refractivity contribution in [2.75, 3.05) is 20.1 Å². The van der Waals surface area contributed by atoms with Crippen molar-refractivity contribution in [2.24, 2.45) is 5.92 Å². The van der Waals surface area contributed by atoms with Gasteiger partial charge in [-0.1, -0.05) is 6.92 Å². The van der Waals surface area contributed by atoms with E-state index in [1.165, 1.54) is 0 Å². The first kappa shape index (κ1) is 12.5. The fraction of sp³-hybridized carbons (Fsp3) is 0.909. The summed E-state index contributed by atoms with van der Waals surface area (Å²) in [7, 11) is 2.04. The Labute approximate surface area is 91.6 Å². The molecule has 0 radical (unpaired) electrons. The van der Waals surface area contributed by atoms with Gasteiger partial charge in [0.15, 0.2) is 0 Å². The van der Waals surface area contributed by atoms with Crippen LogP contribution in [0, 0.1) is 5.92 Å². The van der Waals surface area contributed by atoms with Crippen LogP contribution in [0.3, 0.4) is 0 Å². The van der Waals surface area contributed by atoms with E-state index in [0.717, 1.165) is 25.9 Å². The third-order valence-electron chi connectivity index (χ3n) is 3.64. The lowest BCUT2D eigenvalue weighted by Crippen LogP contribution is -2.48. The molecule has 1 fully saturated rings. The van der Waals surface area contributed by atoms with Gasteiger partial charge in [-0.3, -0.25) is 9.69 Å². The van der Waals surface area contributed by atoms with E-state index in [4.69, 9.17) is 5.11 Å². The molecule has 0 bridgehead atoms. The van der Waals surface area contributed by atoms with Crippen molar-refractivity contribution < 1.29 is 9.90 Å². The Balaban J connectivity index is 2.50. The topological polar surface area (TPSA) is 52.6 Å². The van der Waals surface area contributed by atoms with Crippen LogP contribution in [-0.2, 0) is 4.79 Å². The Bertz CT molecular complexity index is 215. The van der Waals surface area contributed by atoms with E-state index < -0.39 is 5.97 Å². The van der Waals surface area contributed by atoms with Gasteiger partial charge in [0.05, 0.1) is 5.92 Å². The Hall–Kier alpha value is -0.610. The lowest BCUT2D eigenvalue weighted by atomic mass is 9.97. The molecule has 4 nitrogen and oxygen atoms in total. The van der Waals surface area contributed by atoms with Crippen LogP contribution in [0.5, 0.6) is 0 Å². The molecule has 0 saturated carbocycles. The maximum atomic E-state index is 10.9. The molecule has 2 unspecified atom stereocenters. The predicted molar refractivity (Wildman–Crippen MR) is 59.9 cm³/mol. The van der Waals surface area contributed by atoms with Gasteiger partial charge >= 0.3 is 5.97 Å². The summed E-state index contributed by atoms with van der Waals surface area (Å²) in [4.78, 5) is 13.1. The monoisotopic (exact) mass is 214 g/mol. The van der Waals surface area contributed by atoms with Crippen LogP contribution in [0.2, 0.25) is 0 Å². The van der Waals surface area contributed by atoms with E-state index in [2.05, 4.69) is 10.2 Å². The molecule has 1 aliphatic heterocycles. The Morgan fingerprint density at radius 2 is 1.93 bits per heavy atom. The molecule has 0 aromatic carbocycles. The van der Waals surface area contributed by atoms with Gasteiger partial charge in [0.2, 0.25) is 0 Å². The lowest BCUT2D eigenvalue weighted by molar-refractivity contribution is -0.143. The average Bonchev–Trinajstić information content (AvgIpc) is 2.27. The number of nitrogens with one attached hydrogen (secondary N) is 1. The molecule has 1 rings (SSSR count). The molecule has 15 heavy (non-hydrogen) atoms. The van der Waals surface area contributed by atoms with Crippen molar-refractivity contribution in [3.63, 3.8) is 0 Å². The molecule has 4 heteroatoms. The van der Waals surface area contributed by atoms with Crippen LogP contribution in [0.1, 0.15) is 26.7 Å². The zero-order valence-corrected chi connectivity index (χ0v) is 9.86. The number of rotatable bonds is 4. The van der Waals surface area contributed by atoms with Gasteiger partial charge in [-0.25, -0.2) is 0 Å². The molecule has 0 aliphatic carbocycles. The summed E-state index contributed by atoms with van der Waals surface area (Å²) in [6, 6.07) is 0.633. The summed E-state index contributed by atoms with van der Waals surface area (Å²) in [5, 5.41) is 12.3. The molecule has 2 N–H and O–H groups in total. The molecular weight excluding hydrogens is 192 g/mol. The molecule has 2 atom stereocenters. The van der Waals surface area contributed by atoms with Gasteiger partial charge in [-0.05, 0) is 39.9 Å². The van der Waals surface area contributed by atoms with Crippen LogP contribution < -0.4 is 5.32 Å². The van der Waals surface area contributed by atoms with Crippen molar-refractivity contribution >= 4 is 5.97 Å². The largest absolute Gasteiger partial charge is 0.481 e. The van der Waals surface area contributed by atoms with Crippen LogP contribution in [0.15, 0.2) is 0 Å². The van der Waals surface area contributed by atoms with Gasteiger partial charge in [-0.15, -0.1) is 0 Å². The number of aliphatic carboxylic acids is 1. The molecule has 1 saturated heterocycles. The second kappa shape index (κ2) is 5.47. The Morgan fingerprint density at radius 3 is 2.40 bits per heavy atom. The molecule has 0 amide bonds. The van der Waals surface area contributed by atoms with Crippen molar-refractivity contribution in [3.8, 4) is 0 Å². The highest BCUT2D eigenvalue weighted by Crippen LogP contribution is 2.17. The zero-order chi connectivity index (χ0) is 11.4. The zero-order valence-electron chi connectivity index (χ0n) is 9.86. The number of hydrogen-bond acceptors (Lipinski definition) is 3. The minimum absolute atomic E-state index is 0.102. The third-order valence-corrected chi connectivity index (χ3v) is 3.64. The third kappa shape index (κ3) is 3.18. The number of piperidine rings is 1. The van der Waals surface area contributed by atoms with Gasteiger partial charge in [0, 0.05) is 12.1 Å². The molecule has 1 heterocycles. The number of carboxylic acids is 1. The predicted octanol–water partition coefficient (Wildman–Crippen LogP) is 0.779. The Kier molecular flexibility index (Phi) is 4.54. The van der Waals surface area contributed by atoms with Crippen molar-refractivity contribution in [2.45, 2.75) is 38.8 Å². The molecule has 88 valence electrons. The fourth-order valence-electron chi connectivity index (χ4n) is 2.11. The maximum Gasteiger partial charge on any atom is 0.307 e. The van der Waals surface area contributed by atoms with Crippen molar-refractivity contribution in [3.05, 3.63) is 0 Å². The number of carboxylic acid groups (broad SMARTS) is 1. The van der Waals surface area contributed by atoms with Gasteiger partial charge in [0.1, 0.15) is 0 Å². The number of nitrogens with zero attached hydrogens (tertiary/aromatic N) is 1. The molecule has 0 spiro atoms. The summed E-state index contributed by atoms with van der Waals surface area (Å²) >= 11 is 0. The van der Waals surface area contributed by atoms with Crippen molar-refractivity contribution in [1.29, 1.82) is 0 Å². The molecule has 1 aliphatic rings.